The van der Waals surface area contributed by atoms with Crippen molar-refractivity contribution < 1.29 is 22.4 Å². The molecule has 0 atom stereocenters. The van der Waals surface area contributed by atoms with Gasteiger partial charge >= 0.3 is 12.3 Å². The van der Waals surface area contributed by atoms with Crippen LogP contribution in [0.5, 0.6) is 0 Å². The molecule has 0 bridgehead atoms. The van der Waals surface area contributed by atoms with Gasteiger partial charge in [0.15, 0.2) is 0 Å². The fraction of sp³-hybridized carbons (Fsp3) is 0.444. The van der Waals surface area contributed by atoms with E-state index in [4.69, 9.17) is 0 Å². The minimum absolute atomic E-state index is 0.0854. The van der Waals surface area contributed by atoms with Crippen LogP contribution in [0.25, 0.3) is 0 Å². The number of rotatable bonds is 5. The van der Waals surface area contributed by atoms with Crippen molar-refractivity contribution in [3.05, 3.63) is 22.4 Å². The molecular weight excluding hydrogens is 246 g/mol. The number of thiophene rings is 1. The minimum Gasteiger partial charge on any atom is -0.350 e. The van der Waals surface area contributed by atoms with Gasteiger partial charge < -0.3 is 5.32 Å². The van der Waals surface area contributed by atoms with Gasteiger partial charge in [0, 0.05) is 6.54 Å². The summed E-state index contributed by atoms with van der Waals surface area (Å²) < 4.78 is 48.4. The Labute approximate surface area is 93.3 Å². The van der Waals surface area contributed by atoms with Crippen molar-refractivity contribution in [2.45, 2.75) is 18.8 Å². The summed E-state index contributed by atoms with van der Waals surface area (Å²) in [6, 6.07) is 1.77. The Kier molecular flexibility index (Phi) is 4.28. The van der Waals surface area contributed by atoms with E-state index in [0.717, 1.165) is 5.56 Å². The standard InChI is InChI=1S/C9H9F4NOS/c10-7(11)9(12,13)8(15)14-3-1-6-2-4-16-5-6/h2,4-5,7H,1,3H2,(H,14,15). The van der Waals surface area contributed by atoms with Crippen LogP contribution in [0.3, 0.4) is 0 Å². The Hall–Kier alpha value is -1.11. The second kappa shape index (κ2) is 5.29. The molecule has 0 saturated carbocycles. The number of carbonyl (C=O) groups is 1. The summed E-state index contributed by atoms with van der Waals surface area (Å²) in [6.45, 7) is -0.0854. The number of halogens is 4. The number of hydrogen-bond acceptors (Lipinski definition) is 2. The Morgan fingerprint density at radius 3 is 2.69 bits per heavy atom. The van der Waals surface area contributed by atoms with E-state index in [-0.39, 0.29) is 6.54 Å². The highest BCUT2D eigenvalue weighted by molar-refractivity contribution is 7.07. The van der Waals surface area contributed by atoms with Crippen molar-refractivity contribution in [1.29, 1.82) is 0 Å². The summed E-state index contributed by atoms with van der Waals surface area (Å²) >= 11 is 1.43. The van der Waals surface area contributed by atoms with Gasteiger partial charge in [0.2, 0.25) is 0 Å². The minimum atomic E-state index is -4.62. The SMILES string of the molecule is O=C(NCCc1ccsc1)C(F)(F)C(F)F. The van der Waals surface area contributed by atoms with Crippen LogP contribution >= 0.6 is 11.3 Å². The number of carbonyl (C=O) groups excluding carboxylic acids is 1. The molecule has 0 spiro atoms. The molecule has 1 aromatic heterocycles. The van der Waals surface area contributed by atoms with E-state index < -0.39 is 18.3 Å². The molecule has 1 heterocycles. The molecule has 0 aliphatic heterocycles. The van der Waals surface area contributed by atoms with Crippen molar-refractivity contribution in [2.24, 2.45) is 0 Å². The van der Waals surface area contributed by atoms with Crippen LogP contribution in [0.4, 0.5) is 17.6 Å². The fourth-order valence-corrected chi connectivity index (χ4v) is 1.68. The van der Waals surface area contributed by atoms with Crippen LogP contribution in [0.15, 0.2) is 16.8 Å². The third kappa shape index (κ3) is 3.19. The fourth-order valence-electron chi connectivity index (χ4n) is 0.972. The summed E-state index contributed by atoms with van der Waals surface area (Å²) in [5.74, 6) is -6.55. The van der Waals surface area contributed by atoms with Crippen molar-refractivity contribution in [1.82, 2.24) is 5.32 Å². The maximum absolute atomic E-state index is 12.4. The van der Waals surface area contributed by atoms with Crippen LogP contribution in [-0.2, 0) is 11.2 Å². The lowest BCUT2D eigenvalue weighted by Gasteiger charge is -2.14. The summed E-state index contributed by atoms with van der Waals surface area (Å²) in [7, 11) is 0. The largest absolute Gasteiger partial charge is 0.383 e. The molecule has 0 aliphatic carbocycles. The molecule has 0 radical (unpaired) electrons. The predicted octanol–water partition coefficient (Wildman–Crippen LogP) is 2.31. The summed E-state index contributed by atoms with van der Waals surface area (Å²) in [6.07, 6.45) is -3.64. The van der Waals surface area contributed by atoms with Gasteiger partial charge in [0.1, 0.15) is 0 Å². The van der Waals surface area contributed by atoms with Gasteiger partial charge in [-0.1, -0.05) is 0 Å². The normalized spacial score (nSPS) is 11.8. The van der Waals surface area contributed by atoms with Crippen molar-refractivity contribution >= 4 is 17.2 Å². The summed E-state index contributed by atoms with van der Waals surface area (Å²) in [5.41, 5.74) is 0.866. The van der Waals surface area contributed by atoms with Crippen LogP contribution in [0, 0.1) is 0 Å². The molecule has 0 aliphatic rings. The zero-order chi connectivity index (χ0) is 12.2. The van der Waals surface area contributed by atoms with Crippen LogP contribution in [0.2, 0.25) is 0 Å². The Bertz CT molecular complexity index is 339. The highest BCUT2D eigenvalue weighted by Gasteiger charge is 2.48. The summed E-state index contributed by atoms with van der Waals surface area (Å²) in [4.78, 5) is 10.7. The molecule has 0 fully saturated rings. The molecule has 1 aromatic rings. The third-order valence-electron chi connectivity index (χ3n) is 1.86. The lowest BCUT2D eigenvalue weighted by Crippen LogP contribution is -2.45. The van der Waals surface area contributed by atoms with Crippen LogP contribution in [0.1, 0.15) is 5.56 Å². The molecule has 0 saturated heterocycles. The monoisotopic (exact) mass is 255 g/mol. The number of amides is 1. The first-order valence-electron chi connectivity index (χ1n) is 4.40. The van der Waals surface area contributed by atoms with E-state index in [1.54, 1.807) is 22.1 Å². The molecule has 1 N–H and O–H groups in total. The van der Waals surface area contributed by atoms with E-state index >= 15 is 0 Å². The molecule has 1 amide bonds. The van der Waals surface area contributed by atoms with Gasteiger partial charge in [-0.05, 0) is 28.8 Å². The zero-order valence-electron chi connectivity index (χ0n) is 8.05. The highest BCUT2D eigenvalue weighted by atomic mass is 32.1. The van der Waals surface area contributed by atoms with Gasteiger partial charge in [-0.3, -0.25) is 4.79 Å². The maximum Gasteiger partial charge on any atom is 0.383 e. The topological polar surface area (TPSA) is 29.1 Å². The van der Waals surface area contributed by atoms with Crippen LogP contribution in [-0.4, -0.2) is 24.8 Å². The predicted molar refractivity (Wildman–Crippen MR) is 52.0 cm³/mol. The Morgan fingerprint density at radius 1 is 1.50 bits per heavy atom. The quantitative estimate of drug-likeness (QED) is 0.804. The van der Waals surface area contributed by atoms with Gasteiger partial charge in [-0.25, -0.2) is 8.78 Å². The number of hydrogen-bond donors (Lipinski definition) is 1. The highest BCUT2D eigenvalue weighted by Crippen LogP contribution is 2.22. The van der Waals surface area contributed by atoms with E-state index in [1.807, 2.05) is 0 Å². The smallest absolute Gasteiger partial charge is 0.350 e. The average molecular weight is 255 g/mol. The lowest BCUT2D eigenvalue weighted by molar-refractivity contribution is -0.169. The van der Waals surface area contributed by atoms with E-state index in [0.29, 0.717) is 6.42 Å². The van der Waals surface area contributed by atoms with Gasteiger partial charge in [-0.2, -0.15) is 20.1 Å². The first kappa shape index (κ1) is 13.0. The summed E-state index contributed by atoms with van der Waals surface area (Å²) in [5, 5.41) is 5.36. The lowest BCUT2D eigenvalue weighted by atomic mass is 10.2. The Morgan fingerprint density at radius 2 is 2.19 bits per heavy atom. The molecule has 7 heteroatoms. The first-order chi connectivity index (χ1) is 7.44. The first-order valence-corrected chi connectivity index (χ1v) is 5.34. The molecule has 90 valence electrons. The Balaban J connectivity index is 2.36. The number of alkyl halides is 4. The second-order valence-corrected chi connectivity index (χ2v) is 3.84. The van der Waals surface area contributed by atoms with Gasteiger partial charge in [0.05, 0.1) is 0 Å². The molecule has 16 heavy (non-hydrogen) atoms. The van der Waals surface area contributed by atoms with Crippen molar-refractivity contribution in [3.63, 3.8) is 0 Å². The maximum atomic E-state index is 12.4. The average Bonchev–Trinajstić information content (AvgIpc) is 2.70. The number of nitrogens with one attached hydrogen (secondary N) is 1. The van der Waals surface area contributed by atoms with Crippen molar-refractivity contribution in [2.75, 3.05) is 6.54 Å². The van der Waals surface area contributed by atoms with Crippen molar-refractivity contribution in [3.8, 4) is 0 Å². The zero-order valence-corrected chi connectivity index (χ0v) is 8.87. The molecule has 1 rings (SSSR count). The van der Waals surface area contributed by atoms with E-state index in [9.17, 15) is 22.4 Å². The van der Waals surface area contributed by atoms with Gasteiger partial charge in [-0.15, -0.1) is 0 Å². The second-order valence-electron chi connectivity index (χ2n) is 3.06. The van der Waals surface area contributed by atoms with E-state index in [2.05, 4.69) is 0 Å². The third-order valence-corrected chi connectivity index (χ3v) is 2.59. The molecular formula is C9H9F4NOS. The van der Waals surface area contributed by atoms with E-state index in [1.165, 1.54) is 11.3 Å². The molecule has 0 unspecified atom stereocenters. The molecule has 2 nitrogen and oxygen atoms in total. The van der Waals surface area contributed by atoms with Crippen LogP contribution < -0.4 is 5.32 Å². The molecule has 0 aromatic carbocycles. The van der Waals surface area contributed by atoms with Gasteiger partial charge in [0.25, 0.3) is 5.91 Å².